The number of hydrogen-bond donors (Lipinski definition) is 1. The predicted octanol–water partition coefficient (Wildman–Crippen LogP) is 2.27. The fourth-order valence-corrected chi connectivity index (χ4v) is 1.34. The topological polar surface area (TPSA) is 55.4 Å². The van der Waals surface area contributed by atoms with Crippen LogP contribution in [0, 0.1) is 5.92 Å². The fraction of sp³-hybridized carbons (Fsp3) is 0.846. The molecule has 0 rings (SSSR count). The highest BCUT2D eigenvalue weighted by molar-refractivity contribution is 5.84. The van der Waals surface area contributed by atoms with Crippen LogP contribution in [0.5, 0.6) is 0 Å². The van der Waals surface area contributed by atoms with E-state index >= 15 is 0 Å². The Hall–Kier alpha value is -1.06. The van der Waals surface area contributed by atoms with E-state index in [1.165, 1.54) is 0 Å². The van der Waals surface area contributed by atoms with Crippen LogP contribution in [0.4, 0.5) is 0 Å². The summed E-state index contributed by atoms with van der Waals surface area (Å²) in [6.07, 6.45) is 1.21. The summed E-state index contributed by atoms with van der Waals surface area (Å²) in [6, 6.07) is -0.562. The van der Waals surface area contributed by atoms with Gasteiger partial charge in [-0.25, -0.2) is 4.79 Å². The Morgan fingerprint density at radius 2 is 1.76 bits per heavy atom. The van der Waals surface area contributed by atoms with Crippen molar-refractivity contribution in [3.05, 3.63) is 0 Å². The van der Waals surface area contributed by atoms with E-state index in [0.29, 0.717) is 6.42 Å². The Balaban J connectivity index is 4.53. The normalized spacial score (nSPS) is 13.4. The third kappa shape index (κ3) is 6.97. The maximum absolute atomic E-state index is 11.9. The van der Waals surface area contributed by atoms with Gasteiger partial charge in [0.1, 0.15) is 11.6 Å². The van der Waals surface area contributed by atoms with Crippen LogP contribution >= 0.6 is 0 Å². The van der Waals surface area contributed by atoms with Gasteiger partial charge in [-0.3, -0.25) is 4.79 Å². The number of hydrogen-bond acceptors (Lipinski definition) is 3. The van der Waals surface area contributed by atoms with Crippen molar-refractivity contribution in [1.29, 1.82) is 0 Å². The zero-order valence-corrected chi connectivity index (χ0v) is 11.8. The molecule has 0 aromatic rings. The number of nitrogens with one attached hydrogen (secondary N) is 1. The summed E-state index contributed by atoms with van der Waals surface area (Å²) in [6.45, 7) is 11.2. The molecule has 0 aromatic heterocycles. The lowest BCUT2D eigenvalue weighted by molar-refractivity contribution is -0.160. The largest absolute Gasteiger partial charge is 0.458 e. The van der Waals surface area contributed by atoms with Crippen molar-refractivity contribution in [3.8, 4) is 0 Å². The smallest absolute Gasteiger partial charge is 0.329 e. The van der Waals surface area contributed by atoms with E-state index in [0.717, 1.165) is 6.42 Å². The fourth-order valence-electron chi connectivity index (χ4n) is 1.34. The Labute approximate surface area is 104 Å². The number of esters is 1. The molecule has 0 saturated heterocycles. The molecule has 17 heavy (non-hydrogen) atoms. The van der Waals surface area contributed by atoms with Crippen molar-refractivity contribution >= 4 is 11.9 Å². The summed E-state index contributed by atoms with van der Waals surface area (Å²) in [5.41, 5.74) is -0.528. The van der Waals surface area contributed by atoms with Gasteiger partial charge < -0.3 is 10.1 Å². The molecule has 1 atom stereocenters. The Morgan fingerprint density at radius 3 is 2.12 bits per heavy atom. The lowest BCUT2D eigenvalue weighted by Gasteiger charge is -2.26. The summed E-state index contributed by atoms with van der Waals surface area (Å²) in [4.78, 5) is 23.4. The van der Waals surface area contributed by atoms with Crippen LogP contribution in [-0.2, 0) is 14.3 Å². The quantitative estimate of drug-likeness (QED) is 0.754. The van der Waals surface area contributed by atoms with Gasteiger partial charge in [0, 0.05) is 6.42 Å². The van der Waals surface area contributed by atoms with Crippen molar-refractivity contribution in [1.82, 2.24) is 5.32 Å². The van der Waals surface area contributed by atoms with Gasteiger partial charge in [-0.05, 0) is 33.1 Å². The maximum atomic E-state index is 11.9. The van der Waals surface area contributed by atoms with E-state index in [1.807, 2.05) is 41.5 Å². The zero-order chi connectivity index (χ0) is 13.6. The monoisotopic (exact) mass is 243 g/mol. The van der Waals surface area contributed by atoms with Crippen LogP contribution in [0.1, 0.15) is 54.4 Å². The van der Waals surface area contributed by atoms with E-state index in [1.54, 1.807) is 0 Å². The van der Waals surface area contributed by atoms with Crippen LogP contribution in [0.3, 0.4) is 0 Å². The van der Waals surface area contributed by atoms with Gasteiger partial charge in [-0.1, -0.05) is 20.8 Å². The molecule has 100 valence electrons. The van der Waals surface area contributed by atoms with Crippen LogP contribution in [0.25, 0.3) is 0 Å². The minimum absolute atomic E-state index is 0.0191. The third-order valence-corrected chi connectivity index (χ3v) is 2.12. The van der Waals surface area contributed by atoms with Crippen molar-refractivity contribution in [2.45, 2.75) is 66.0 Å². The van der Waals surface area contributed by atoms with Crippen molar-refractivity contribution in [2.24, 2.45) is 5.92 Å². The van der Waals surface area contributed by atoms with E-state index in [4.69, 9.17) is 4.74 Å². The molecule has 0 heterocycles. The summed E-state index contributed by atoms with van der Waals surface area (Å²) in [7, 11) is 0. The first kappa shape index (κ1) is 15.9. The Morgan fingerprint density at radius 1 is 1.24 bits per heavy atom. The molecule has 0 aromatic carbocycles. The van der Waals surface area contributed by atoms with Gasteiger partial charge in [0.05, 0.1) is 0 Å². The average Bonchev–Trinajstić information content (AvgIpc) is 2.11. The second-order valence-electron chi connectivity index (χ2n) is 5.57. The van der Waals surface area contributed by atoms with Gasteiger partial charge in [-0.15, -0.1) is 0 Å². The van der Waals surface area contributed by atoms with Gasteiger partial charge in [0.25, 0.3) is 0 Å². The number of carbonyl (C=O) groups excluding carboxylic acids is 2. The third-order valence-electron chi connectivity index (χ3n) is 2.12. The highest BCUT2D eigenvalue weighted by atomic mass is 16.6. The molecule has 1 N–H and O–H groups in total. The first-order valence-corrected chi connectivity index (χ1v) is 6.19. The highest BCUT2D eigenvalue weighted by Crippen LogP contribution is 2.12. The van der Waals surface area contributed by atoms with Crippen molar-refractivity contribution < 1.29 is 14.3 Å². The molecule has 0 bridgehead atoms. The van der Waals surface area contributed by atoms with Gasteiger partial charge >= 0.3 is 5.97 Å². The Kier molecular flexibility index (Phi) is 6.21. The minimum atomic E-state index is -0.562. The molecule has 0 unspecified atom stereocenters. The standard InChI is InChI=1S/C13H25NO3/c1-7-8-10(15)14-11(9(2)3)12(16)17-13(4,5)6/h9,11H,7-8H2,1-6H3,(H,14,15)/t11-/m1/s1. The zero-order valence-electron chi connectivity index (χ0n) is 11.8. The average molecular weight is 243 g/mol. The molecule has 4 heteroatoms. The molecule has 4 nitrogen and oxygen atoms in total. The number of carbonyl (C=O) groups is 2. The first-order chi connectivity index (χ1) is 7.67. The SMILES string of the molecule is CCCC(=O)N[C@@H](C(=O)OC(C)(C)C)C(C)C. The highest BCUT2D eigenvalue weighted by Gasteiger charge is 2.28. The molecular formula is C13H25NO3. The van der Waals surface area contributed by atoms with E-state index < -0.39 is 11.6 Å². The number of ether oxygens (including phenoxy) is 1. The van der Waals surface area contributed by atoms with Crippen molar-refractivity contribution in [2.75, 3.05) is 0 Å². The molecule has 0 saturated carbocycles. The molecule has 0 aliphatic carbocycles. The summed E-state index contributed by atoms with van der Waals surface area (Å²) in [5.74, 6) is -0.445. The number of amides is 1. The predicted molar refractivity (Wildman–Crippen MR) is 67.5 cm³/mol. The summed E-state index contributed by atoms with van der Waals surface area (Å²) < 4.78 is 5.29. The van der Waals surface area contributed by atoms with Crippen LogP contribution < -0.4 is 5.32 Å². The molecule has 0 fully saturated rings. The van der Waals surface area contributed by atoms with Gasteiger partial charge in [-0.2, -0.15) is 0 Å². The van der Waals surface area contributed by atoms with Crippen LogP contribution in [0.15, 0.2) is 0 Å². The van der Waals surface area contributed by atoms with Gasteiger partial charge in [0.15, 0.2) is 0 Å². The lowest BCUT2D eigenvalue weighted by atomic mass is 10.0. The first-order valence-electron chi connectivity index (χ1n) is 6.19. The minimum Gasteiger partial charge on any atom is -0.458 e. The summed E-state index contributed by atoms with van der Waals surface area (Å²) >= 11 is 0. The molecule has 0 radical (unpaired) electrons. The molecule has 1 amide bonds. The van der Waals surface area contributed by atoms with E-state index in [9.17, 15) is 9.59 Å². The molecular weight excluding hydrogens is 218 g/mol. The van der Waals surface area contributed by atoms with Crippen LogP contribution in [-0.4, -0.2) is 23.5 Å². The van der Waals surface area contributed by atoms with Crippen LogP contribution in [0.2, 0.25) is 0 Å². The second-order valence-corrected chi connectivity index (χ2v) is 5.57. The van der Waals surface area contributed by atoms with Gasteiger partial charge in [0.2, 0.25) is 5.91 Å². The molecule has 0 spiro atoms. The molecule has 0 aliphatic rings. The molecule has 0 aliphatic heterocycles. The number of rotatable bonds is 5. The lowest BCUT2D eigenvalue weighted by Crippen LogP contribution is -2.47. The Bertz CT molecular complexity index is 266. The second kappa shape index (κ2) is 6.62. The maximum Gasteiger partial charge on any atom is 0.329 e. The van der Waals surface area contributed by atoms with E-state index in [2.05, 4.69) is 5.32 Å². The van der Waals surface area contributed by atoms with Crippen molar-refractivity contribution in [3.63, 3.8) is 0 Å². The summed E-state index contributed by atoms with van der Waals surface area (Å²) in [5, 5.41) is 2.73. The van der Waals surface area contributed by atoms with E-state index in [-0.39, 0.29) is 17.8 Å².